The van der Waals surface area contributed by atoms with E-state index < -0.39 is 0 Å². The molecule has 1 fully saturated rings. The highest BCUT2D eigenvalue weighted by atomic mass is 16.5. The maximum atomic E-state index is 11.7. The van der Waals surface area contributed by atoms with Crippen molar-refractivity contribution in [2.24, 2.45) is 5.92 Å². The summed E-state index contributed by atoms with van der Waals surface area (Å²) in [7, 11) is 0. The van der Waals surface area contributed by atoms with Crippen LogP contribution in [0.5, 0.6) is 0 Å². The minimum Gasteiger partial charge on any atom is -0.465 e. The molecule has 0 spiro atoms. The van der Waals surface area contributed by atoms with E-state index in [2.05, 4.69) is 12.1 Å². The number of rotatable bonds is 5. The van der Waals surface area contributed by atoms with Crippen molar-refractivity contribution >= 4 is 5.97 Å². The maximum absolute atomic E-state index is 11.7. The predicted octanol–water partition coefficient (Wildman–Crippen LogP) is 2.59. The van der Waals surface area contributed by atoms with Gasteiger partial charge in [0.15, 0.2) is 0 Å². The van der Waals surface area contributed by atoms with Gasteiger partial charge in [-0.15, -0.1) is 0 Å². The number of benzene rings is 1. The van der Waals surface area contributed by atoms with Crippen molar-refractivity contribution < 1.29 is 14.3 Å². The smallest absolute Gasteiger partial charge is 0.311 e. The maximum Gasteiger partial charge on any atom is 0.311 e. The molecule has 98 valence electrons. The summed E-state index contributed by atoms with van der Waals surface area (Å²) in [4.78, 5) is 11.7. The molecule has 0 N–H and O–H groups in total. The second-order valence-corrected chi connectivity index (χ2v) is 4.67. The molecule has 2 rings (SSSR count). The van der Waals surface area contributed by atoms with Crippen molar-refractivity contribution in [1.82, 2.24) is 0 Å². The lowest BCUT2D eigenvalue weighted by atomic mass is 10.0. The van der Waals surface area contributed by atoms with Gasteiger partial charge in [0.05, 0.1) is 19.1 Å². The number of carbonyl (C=O) groups excluding carboxylic acids is 1. The first-order chi connectivity index (χ1) is 8.86. The normalized spacial score (nSPS) is 19.4. The zero-order valence-electron chi connectivity index (χ0n) is 10.6. The molecule has 18 heavy (non-hydrogen) atoms. The third kappa shape index (κ3) is 4.15. The lowest BCUT2D eigenvalue weighted by Gasteiger charge is -2.20. The van der Waals surface area contributed by atoms with E-state index in [4.69, 9.17) is 9.47 Å². The fraction of sp³-hybridized carbons (Fsp3) is 0.533. The summed E-state index contributed by atoms with van der Waals surface area (Å²) in [6.07, 6.45) is 3.69. The Morgan fingerprint density at radius 2 is 2.17 bits per heavy atom. The molecule has 1 unspecified atom stereocenters. The lowest BCUT2D eigenvalue weighted by Crippen LogP contribution is -2.27. The lowest BCUT2D eigenvalue weighted by molar-refractivity contribution is -0.153. The summed E-state index contributed by atoms with van der Waals surface area (Å²) in [5.41, 5.74) is 1.29. The molecule has 3 heteroatoms. The Labute approximate surface area is 108 Å². The van der Waals surface area contributed by atoms with E-state index in [1.165, 1.54) is 5.56 Å². The molecule has 0 bridgehead atoms. The van der Waals surface area contributed by atoms with E-state index in [1.54, 1.807) is 0 Å². The minimum atomic E-state index is -0.0947. The van der Waals surface area contributed by atoms with Crippen LogP contribution in [-0.4, -0.2) is 25.8 Å². The highest BCUT2D eigenvalue weighted by molar-refractivity contribution is 5.72. The van der Waals surface area contributed by atoms with Gasteiger partial charge in [-0.2, -0.15) is 0 Å². The fourth-order valence-corrected chi connectivity index (χ4v) is 2.14. The van der Waals surface area contributed by atoms with E-state index in [1.807, 2.05) is 18.2 Å². The van der Waals surface area contributed by atoms with E-state index in [-0.39, 0.29) is 11.9 Å². The Bertz CT molecular complexity index is 355. The second-order valence-electron chi connectivity index (χ2n) is 4.67. The Kier molecular flexibility index (Phi) is 5.21. The average Bonchev–Trinajstić information content (AvgIpc) is 2.45. The highest BCUT2D eigenvalue weighted by Crippen LogP contribution is 2.15. The molecule has 3 nitrogen and oxygen atoms in total. The van der Waals surface area contributed by atoms with Crippen molar-refractivity contribution in [3.63, 3.8) is 0 Å². The van der Waals surface area contributed by atoms with Gasteiger partial charge in [-0.05, 0) is 31.2 Å². The summed E-state index contributed by atoms with van der Waals surface area (Å²) in [5, 5.41) is 0. The molecular weight excluding hydrogens is 228 g/mol. The van der Waals surface area contributed by atoms with Crippen LogP contribution in [0.3, 0.4) is 0 Å². The molecule has 0 amide bonds. The first-order valence-corrected chi connectivity index (χ1v) is 6.64. The summed E-state index contributed by atoms with van der Waals surface area (Å²) in [5.74, 6) is -0.141. The molecule has 1 aliphatic rings. The Balaban J connectivity index is 1.61. The molecular formula is C15H20O3. The number of hydrogen-bond donors (Lipinski definition) is 0. The fourth-order valence-electron chi connectivity index (χ4n) is 2.14. The SMILES string of the molecule is O=C(OCCCc1ccccc1)C1CCCOC1. The van der Waals surface area contributed by atoms with Crippen LogP contribution in [-0.2, 0) is 20.7 Å². The molecule has 1 aromatic carbocycles. The zero-order chi connectivity index (χ0) is 12.6. The summed E-state index contributed by atoms with van der Waals surface area (Å²) in [6, 6.07) is 10.3. The van der Waals surface area contributed by atoms with Crippen molar-refractivity contribution in [3.05, 3.63) is 35.9 Å². The second kappa shape index (κ2) is 7.17. The van der Waals surface area contributed by atoms with Gasteiger partial charge in [0.2, 0.25) is 0 Å². The number of aryl methyl sites for hydroxylation is 1. The van der Waals surface area contributed by atoms with E-state index >= 15 is 0 Å². The van der Waals surface area contributed by atoms with Crippen LogP contribution in [0.4, 0.5) is 0 Å². The molecule has 1 atom stereocenters. The van der Waals surface area contributed by atoms with Crippen molar-refractivity contribution in [3.8, 4) is 0 Å². The number of ether oxygens (including phenoxy) is 2. The summed E-state index contributed by atoms with van der Waals surface area (Å²) >= 11 is 0. The molecule has 0 aliphatic carbocycles. The quantitative estimate of drug-likeness (QED) is 0.593. The van der Waals surface area contributed by atoms with E-state index in [0.717, 1.165) is 32.3 Å². The van der Waals surface area contributed by atoms with Crippen molar-refractivity contribution in [1.29, 1.82) is 0 Å². The van der Waals surface area contributed by atoms with Gasteiger partial charge < -0.3 is 9.47 Å². The predicted molar refractivity (Wildman–Crippen MR) is 69.3 cm³/mol. The monoisotopic (exact) mass is 248 g/mol. The van der Waals surface area contributed by atoms with Crippen molar-refractivity contribution in [2.75, 3.05) is 19.8 Å². The Hall–Kier alpha value is -1.35. The van der Waals surface area contributed by atoms with Crippen LogP contribution in [0.25, 0.3) is 0 Å². The van der Waals surface area contributed by atoms with Crippen LogP contribution in [0.2, 0.25) is 0 Å². The number of esters is 1. The van der Waals surface area contributed by atoms with Crippen LogP contribution in [0.15, 0.2) is 30.3 Å². The van der Waals surface area contributed by atoms with Gasteiger partial charge in [-0.3, -0.25) is 4.79 Å². The molecule has 1 saturated heterocycles. The van der Waals surface area contributed by atoms with Crippen LogP contribution >= 0.6 is 0 Å². The molecule has 1 aliphatic heterocycles. The highest BCUT2D eigenvalue weighted by Gasteiger charge is 2.22. The largest absolute Gasteiger partial charge is 0.465 e. The molecule has 1 heterocycles. The van der Waals surface area contributed by atoms with Gasteiger partial charge in [-0.1, -0.05) is 30.3 Å². The van der Waals surface area contributed by atoms with E-state index in [9.17, 15) is 4.79 Å². The minimum absolute atomic E-state index is 0.0459. The first kappa shape index (κ1) is 13.1. The topological polar surface area (TPSA) is 35.5 Å². The molecule has 0 saturated carbocycles. The van der Waals surface area contributed by atoms with Crippen LogP contribution in [0.1, 0.15) is 24.8 Å². The van der Waals surface area contributed by atoms with Crippen molar-refractivity contribution in [2.45, 2.75) is 25.7 Å². The standard InChI is InChI=1S/C15H20O3/c16-15(14-9-5-10-17-12-14)18-11-4-8-13-6-2-1-3-7-13/h1-3,6-7,14H,4-5,8-12H2. The summed E-state index contributed by atoms with van der Waals surface area (Å²) < 4.78 is 10.6. The average molecular weight is 248 g/mol. The zero-order valence-corrected chi connectivity index (χ0v) is 10.6. The van der Waals surface area contributed by atoms with Gasteiger partial charge >= 0.3 is 5.97 Å². The van der Waals surface area contributed by atoms with E-state index in [0.29, 0.717) is 13.2 Å². The van der Waals surface area contributed by atoms with Gasteiger partial charge in [0.1, 0.15) is 0 Å². The third-order valence-corrected chi connectivity index (χ3v) is 3.19. The third-order valence-electron chi connectivity index (χ3n) is 3.19. The number of hydrogen-bond acceptors (Lipinski definition) is 3. The molecule has 0 aromatic heterocycles. The first-order valence-electron chi connectivity index (χ1n) is 6.64. The Morgan fingerprint density at radius 1 is 1.33 bits per heavy atom. The van der Waals surface area contributed by atoms with Gasteiger partial charge in [0.25, 0.3) is 0 Å². The summed E-state index contributed by atoms with van der Waals surface area (Å²) in [6.45, 7) is 1.81. The molecule has 0 radical (unpaired) electrons. The van der Waals surface area contributed by atoms with Crippen LogP contribution in [0, 0.1) is 5.92 Å². The molecule has 1 aromatic rings. The van der Waals surface area contributed by atoms with Crippen LogP contribution < -0.4 is 0 Å². The van der Waals surface area contributed by atoms with Gasteiger partial charge in [0, 0.05) is 6.61 Å². The number of carbonyl (C=O) groups is 1. The van der Waals surface area contributed by atoms with Gasteiger partial charge in [-0.25, -0.2) is 0 Å². The Morgan fingerprint density at radius 3 is 2.89 bits per heavy atom.